The Bertz CT molecular complexity index is 1340. The third-order valence-corrected chi connectivity index (χ3v) is 7.61. The van der Waals surface area contributed by atoms with Gasteiger partial charge >= 0.3 is 5.95 Å². The summed E-state index contributed by atoms with van der Waals surface area (Å²) in [7, 11) is -3.72. The lowest BCUT2D eigenvalue weighted by Gasteiger charge is -2.21. The minimum atomic E-state index is -3.72. The fourth-order valence-electron chi connectivity index (χ4n) is 3.73. The van der Waals surface area contributed by atoms with Crippen LogP contribution in [0.25, 0.3) is 11.2 Å². The van der Waals surface area contributed by atoms with E-state index >= 15 is 0 Å². The van der Waals surface area contributed by atoms with E-state index in [0.717, 1.165) is 12.8 Å². The molecule has 11 nitrogen and oxygen atoms in total. The molecule has 0 atom stereocenters. The van der Waals surface area contributed by atoms with Crippen LogP contribution in [0.2, 0.25) is 0 Å². The second kappa shape index (κ2) is 9.91. The number of imidazole rings is 1. The Morgan fingerprint density at radius 3 is 2.74 bits per heavy atom. The summed E-state index contributed by atoms with van der Waals surface area (Å²) in [6.07, 6.45) is 9.05. The quantitative estimate of drug-likeness (QED) is 0.295. The lowest BCUT2D eigenvalue weighted by molar-refractivity contribution is -0.383. The van der Waals surface area contributed by atoms with E-state index in [1.54, 1.807) is 23.8 Å². The van der Waals surface area contributed by atoms with E-state index in [1.165, 1.54) is 48.9 Å². The Morgan fingerprint density at radius 2 is 1.97 bits per heavy atom. The van der Waals surface area contributed by atoms with Crippen LogP contribution in [0.4, 0.5) is 16.8 Å². The summed E-state index contributed by atoms with van der Waals surface area (Å²) in [6, 6.07) is 6.29. The number of benzene rings is 1. The summed E-state index contributed by atoms with van der Waals surface area (Å²) >= 11 is 1.21. The summed E-state index contributed by atoms with van der Waals surface area (Å²) in [5, 5.41) is 5.14. The van der Waals surface area contributed by atoms with Gasteiger partial charge in [0.05, 0.1) is 23.0 Å². The van der Waals surface area contributed by atoms with Gasteiger partial charge in [-0.05, 0) is 42.1 Å². The van der Waals surface area contributed by atoms with Crippen LogP contribution in [0.1, 0.15) is 32.1 Å². The van der Waals surface area contributed by atoms with Crippen LogP contribution >= 0.6 is 11.3 Å². The molecule has 0 amide bonds. The van der Waals surface area contributed by atoms with Crippen molar-refractivity contribution in [3.05, 3.63) is 42.2 Å². The number of nitrogens with one attached hydrogen (secondary N) is 4. The van der Waals surface area contributed by atoms with Crippen molar-refractivity contribution in [3.8, 4) is 5.88 Å². The largest absolute Gasteiger partial charge is 0.439 e. The van der Waals surface area contributed by atoms with Crippen molar-refractivity contribution in [3.63, 3.8) is 0 Å². The first-order valence-electron chi connectivity index (χ1n) is 10.9. The highest BCUT2D eigenvalue weighted by molar-refractivity contribution is 7.93. The molecule has 0 unspecified atom stereocenters. The molecule has 1 aromatic carbocycles. The zero-order chi connectivity index (χ0) is 23.4. The molecule has 0 spiro atoms. The molecular weight excluding hydrogens is 478 g/mol. The first-order chi connectivity index (χ1) is 16.6. The molecule has 0 bridgehead atoms. The molecule has 4 aromatic rings. The maximum Gasteiger partial charge on any atom is 0.399 e. The van der Waals surface area contributed by atoms with E-state index in [2.05, 4.69) is 35.0 Å². The SMILES string of the molecule is O=S(=O)(Nc1nccs1)c1ccc(Nc2nc3nc[nH]c3c(OCOC3CCCCC3)[nH+]2)cc1. The number of hydrogen-bond acceptors (Lipinski definition) is 9. The molecular formula is C21H24N7O4S2+. The fraction of sp³-hybridized carbons (Fsp3) is 0.333. The first-order valence-corrected chi connectivity index (χ1v) is 13.2. The number of aromatic nitrogens is 5. The van der Waals surface area contributed by atoms with Crippen LogP contribution in [0.5, 0.6) is 5.88 Å². The molecule has 0 radical (unpaired) electrons. The molecule has 4 N–H and O–H groups in total. The van der Waals surface area contributed by atoms with Gasteiger partial charge in [0, 0.05) is 11.6 Å². The maximum absolute atomic E-state index is 12.5. The molecule has 0 saturated heterocycles. The third kappa shape index (κ3) is 5.26. The highest BCUT2D eigenvalue weighted by atomic mass is 32.2. The number of rotatable bonds is 9. The van der Waals surface area contributed by atoms with Gasteiger partial charge in [-0.2, -0.15) is 0 Å². The molecule has 13 heteroatoms. The number of ether oxygens (including phenoxy) is 2. The van der Waals surface area contributed by atoms with Gasteiger partial charge < -0.3 is 14.5 Å². The van der Waals surface area contributed by atoms with Crippen molar-refractivity contribution in [2.45, 2.75) is 43.1 Å². The summed E-state index contributed by atoms with van der Waals surface area (Å²) < 4.78 is 39.2. The Morgan fingerprint density at radius 1 is 1.15 bits per heavy atom. The average Bonchev–Trinajstić information content (AvgIpc) is 3.52. The topological polar surface area (TPSA) is 145 Å². The van der Waals surface area contributed by atoms with Crippen molar-refractivity contribution in [2.24, 2.45) is 0 Å². The minimum absolute atomic E-state index is 0.122. The molecule has 3 heterocycles. The van der Waals surface area contributed by atoms with Crippen LogP contribution in [0.15, 0.2) is 47.1 Å². The smallest absolute Gasteiger partial charge is 0.399 e. The van der Waals surface area contributed by atoms with Crippen LogP contribution in [0.3, 0.4) is 0 Å². The Kier molecular flexibility index (Phi) is 6.56. The van der Waals surface area contributed by atoms with Gasteiger partial charge in [-0.25, -0.2) is 28.7 Å². The van der Waals surface area contributed by atoms with Crippen molar-refractivity contribution in [2.75, 3.05) is 16.8 Å². The monoisotopic (exact) mass is 502 g/mol. The molecule has 3 aromatic heterocycles. The molecule has 1 saturated carbocycles. The lowest BCUT2D eigenvalue weighted by Crippen LogP contribution is -2.22. The standard InChI is InChI=1S/C21H23N7O4S2/c29-34(30,28-21-22-10-11-33-21)16-8-6-14(7-9-16)25-20-26-18-17(23-12-24-18)19(27-20)32-13-31-15-4-2-1-3-5-15/h6-12,15H,1-5,13H2,(H,22,28)(H2,23,24,25,26,27)/p+1. The molecule has 34 heavy (non-hydrogen) atoms. The number of thiazole rings is 1. The van der Waals surface area contributed by atoms with E-state index in [1.807, 2.05) is 0 Å². The molecule has 5 rings (SSSR count). The van der Waals surface area contributed by atoms with E-state index in [9.17, 15) is 8.42 Å². The summed E-state index contributed by atoms with van der Waals surface area (Å²) in [5.41, 5.74) is 1.74. The molecule has 1 fully saturated rings. The zero-order valence-corrected chi connectivity index (χ0v) is 19.8. The fourth-order valence-corrected chi connectivity index (χ4v) is 5.52. The normalized spacial score (nSPS) is 14.8. The highest BCUT2D eigenvalue weighted by Gasteiger charge is 2.20. The Labute approximate surface area is 200 Å². The summed E-state index contributed by atoms with van der Waals surface area (Å²) in [5.74, 6) is 0.844. The predicted molar refractivity (Wildman–Crippen MR) is 127 cm³/mol. The van der Waals surface area contributed by atoms with E-state index in [-0.39, 0.29) is 17.8 Å². The summed E-state index contributed by atoms with van der Waals surface area (Å²) in [4.78, 5) is 18.9. The second-order valence-corrected chi connectivity index (χ2v) is 10.4. The number of nitrogens with zero attached hydrogens (tertiary/aromatic N) is 3. The zero-order valence-electron chi connectivity index (χ0n) is 18.2. The van der Waals surface area contributed by atoms with E-state index in [0.29, 0.717) is 33.8 Å². The van der Waals surface area contributed by atoms with Gasteiger partial charge in [0.2, 0.25) is 0 Å². The predicted octanol–water partition coefficient (Wildman–Crippen LogP) is 3.46. The van der Waals surface area contributed by atoms with Gasteiger partial charge in [0.25, 0.3) is 21.6 Å². The number of hydrogen-bond donors (Lipinski definition) is 3. The van der Waals surface area contributed by atoms with Gasteiger partial charge in [-0.15, -0.1) is 11.3 Å². The summed E-state index contributed by atoms with van der Waals surface area (Å²) in [6.45, 7) is 0.122. The van der Waals surface area contributed by atoms with Gasteiger partial charge in [0.1, 0.15) is 0 Å². The minimum Gasteiger partial charge on any atom is -0.439 e. The number of sulfonamides is 1. The Hall–Kier alpha value is -3.29. The van der Waals surface area contributed by atoms with Crippen molar-refractivity contribution >= 4 is 49.3 Å². The molecule has 178 valence electrons. The van der Waals surface area contributed by atoms with Crippen LogP contribution < -0.4 is 19.8 Å². The van der Waals surface area contributed by atoms with Gasteiger partial charge in [0.15, 0.2) is 17.4 Å². The number of fused-ring (bicyclic) bond motifs is 1. The number of anilines is 3. The number of H-pyrrole nitrogens is 2. The maximum atomic E-state index is 12.5. The van der Waals surface area contributed by atoms with Gasteiger partial charge in [-0.1, -0.05) is 19.3 Å². The third-order valence-electron chi connectivity index (χ3n) is 5.44. The van der Waals surface area contributed by atoms with Crippen molar-refractivity contribution < 1.29 is 22.9 Å². The molecule has 1 aliphatic rings. The average molecular weight is 503 g/mol. The molecule has 1 aliphatic carbocycles. The van der Waals surface area contributed by atoms with Crippen LogP contribution in [-0.4, -0.2) is 41.3 Å². The molecule has 0 aliphatic heterocycles. The number of aromatic amines is 2. The first kappa shape index (κ1) is 22.5. The highest BCUT2D eigenvalue weighted by Crippen LogP contribution is 2.23. The van der Waals surface area contributed by atoms with Crippen LogP contribution in [-0.2, 0) is 14.8 Å². The van der Waals surface area contributed by atoms with Crippen LogP contribution in [0, 0.1) is 0 Å². The van der Waals surface area contributed by atoms with E-state index in [4.69, 9.17) is 9.47 Å². The lowest BCUT2D eigenvalue weighted by atomic mass is 9.98. The van der Waals surface area contributed by atoms with Gasteiger partial charge in [-0.3, -0.25) is 4.72 Å². The van der Waals surface area contributed by atoms with Crippen molar-refractivity contribution in [1.82, 2.24) is 19.9 Å². The van der Waals surface area contributed by atoms with Crippen molar-refractivity contribution in [1.29, 1.82) is 0 Å². The second-order valence-electron chi connectivity index (χ2n) is 7.80. The van der Waals surface area contributed by atoms with E-state index < -0.39 is 10.0 Å². The Balaban J connectivity index is 1.27.